The molecule has 0 aliphatic carbocycles. The second kappa shape index (κ2) is 10.6. The fourth-order valence-electron chi connectivity index (χ4n) is 4.26. The molecule has 180 valence electrons. The highest BCUT2D eigenvalue weighted by Gasteiger charge is 2.24. The molecule has 6 nitrogen and oxygen atoms in total. The number of benzene rings is 2. The van der Waals surface area contributed by atoms with Crippen LogP contribution in [0, 0.1) is 0 Å². The lowest BCUT2D eigenvalue weighted by molar-refractivity contribution is -0.129. The number of nitrogens with zero attached hydrogens (tertiary/aromatic N) is 4. The minimum absolute atomic E-state index is 0.133. The molecule has 1 aliphatic heterocycles. The van der Waals surface area contributed by atoms with Crippen molar-refractivity contribution >= 4 is 17.7 Å². The second-order valence-electron chi connectivity index (χ2n) is 9.41. The minimum Gasteiger partial charge on any atom is -0.483 e. The lowest BCUT2D eigenvalue weighted by Gasteiger charge is -2.28. The van der Waals surface area contributed by atoms with Crippen LogP contribution >= 0.6 is 11.8 Å². The molecule has 1 atom stereocenters. The van der Waals surface area contributed by atoms with Gasteiger partial charge in [0.1, 0.15) is 5.75 Å². The summed E-state index contributed by atoms with van der Waals surface area (Å²) in [5.74, 6) is 2.54. The van der Waals surface area contributed by atoms with Crippen LogP contribution in [0.4, 0.5) is 0 Å². The summed E-state index contributed by atoms with van der Waals surface area (Å²) in [6, 6.07) is 16.7. The number of hydrogen-bond acceptors (Lipinski definition) is 5. The van der Waals surface area contributed by atoms with E-state index >= 15 is 0 Å². The third kappa shape index (κ3) is 5.46. The summed E-state index contributed by atoms with van der Waals surface area (Å²) in [4.78, 5) is 14.9. The predicted molar refractivity (Wildman–Crippen MR) is 136 cm³/mol. The van der Waals surface area contributed by atoms with E-state index in [0.29, 0.717) is 18.2 Å². The molecular weight excluding hydrogens is 444 g/mol. The quantitative estimate of drug-likeness (QED) is 0.383. The first-order valence-electron chi connectivity index (χ1n) is 12.0. The van der Waals surface area contributed by atoms with Crippen LogP contribution in [0.2, 0.25) is 0 Å². The Morgan fingerprint density at radius 2 is 1.71 bits per heavy atom. The van der Waals surface area contributed by atoms with Gasteiger partial charge in [0.15, 0.2) is 17.1 Å². The first kappa shape index (κ1) is 24.3. The zero-order valence-electron chi connectivity index (χ0n) is 20.7. The molecule has 1 aromatic heterocycles. The average Bonchev–Trinajstić information content (AvgIpc) is 3.27. The Labute approximate surface area is 206 Å². The minimum atomic E-state index is -0.261. The number of aromatic nitrogens is 3. The van der Waals surface area contributed by atoms with E-state index in [1.165, 1.54) is 28.5 Å². The standard InChI is InChI=1S/C27H34N4O2S/c1-18(2)21-10-12-24(13-11-21)33-20(5)26-28-29-27(31(26)19(3)4)34-17-25(32)30-15-14-22-8-6-7-9-23(22)16-30/h6-13,18-20H,14-17H2,1-5H3. The second-order valence-corrected chi connectivity index (χ2v) is 10.4. The molecule has 0 bridgehead atoms. The molecule has 7 heteroatoms. The van der Waals surface area contributed by atoms with Gasteiger partial charge in [-0.1, -0.05) is 62.0 Å². The molecule has 1 aliphatic rings. The van der Waals surface area contributed by atoms with E-state index in [1.54, 1.807) is 0 Å². The van der Waals surface area contributed by atoms with Crippen molar-refractivity contribution in [3.63, 3.8) is 0 Å². The van der Waals surface area contributed by atoms with Gasteiger partial charge in [0, 0.05) is 19.1 Å². The average molecular weight is 479 g/mol. The van der Waals surface area contributed by atoms with Crippen molar-refractivity contribution in [2.45, 2.75) is 70.8 Å². The van der Waals surface area contributed by atoms with Crippen LogP contribution in [0.3, 0.4) is 0 Å². The van der Waals surface area contributed by atoms with Crippen molar-refractivity contribution in [3.05, 3.63) is 71.0 Å². The van der Waals surface area contributed by atoms with Crippen molar-refractivity contribution in [3.8, 4) is 5.75 Å². The molecular formula is C27H34N4O2S. The lowest BCUT2D eigenvalue weighted by atomic mass is 10.00. The number of amides is 1. The van der Waals surface area contributed by atoms with Crippen LogP contribution in [0.25, 0.3) is 0 Å². The zero-order valence-corrected chi connectivity index (χ0v) is 21.5. The van der Waals surface area contributed by atoms with Gasteiger partial charge in [-0.2, -0.15) is 0 Å². The third-order valence-corrected chi connectivity index (χ3v) is 7.17. The SMILES string of the molecule is CC(C)c1ccc(OC(C)c2nnc(SCC(=O)N3CCc4ccccc4C3)n2C(C)C)cc1. The molecule has 0 saturated heterocycles. The number of carbonyl (C=O) groups is 1. The smallest absolute Gasteiger partial charge is 0.233 e. The van der Waals surface area contributed by atoms with E-state index in [4.69, 9.17) is 4.74 Å². The van der Waals surface area contributed by atoms with Crippen LogP contribution in [-0.4, -0.2) is 37.9 Å². The molecule has 4 rings (SSSR count). The van der Waals surface area contributed by atoms with Gasteiger partial charge in [-0.25, -0.2) is 0 Å². The van der Waals surface area contributed by atoms with E-state index in [-0.39, 0.29) is 18.1 Å². The molecule has 34 heavy (non-hydrogen) atoms. The molecule has 0 N–H and O–H groups in total. The van der Waals surface area contributed by atoms with Gasteiger partial charge in [-0.15, -0.1) is 10.2 Å². The lowest BCUT2D eigenvalue weighted by Crippen LogP contribution is -2.37. The normalized spacial score (nSPS) is 14.4. The Morgan fingerprint density at radius 1 is 1.00 bits per heavy atom. The Kier molecular flexibility index (Phi) is 7.61. The number of thioether (sulfide) groups is 1. The number of rotatable bonds is 8. The Balaban J connectivity index is 1.41. The van der Waals surface area contributed by atoms with E-state index < -0.39 is 0 Å². The third-order valence-electron chi connectivity index (χ3n) is 6.24. The maximum Gasteiger partial charge on any atom is 0.233 e. The molecule has 3 aromatic rings. The summed E-state index contributed by atoms with van der Waals surface area (Å²) >= 11 is 1.45. The first-order chi connectivity index (χ1) is 16.3. The zero-order chi connectivity index (χ0) is 24.2. The Hall–Kier alpha value is -2.80. The maximum absolute atomic E-state index is 12.9. The predicted octanol–water partition coefficient (Wildman–Crippen LogP) is 5.80. The largest absolute Gasteiger partial charge is 0.483 e. The summed E-state index contributed by atoms with van der Waals surface area (Å²) in [5.41, 5.74) is 3.87. The summed E-state index contributed by atoms with van der Waals surface area (Å²) < 4.78 is 8.27. The van der Waals surface area contributed by atoms with Crippen LogP contribution < -0.4 is 4.74 Å². The number of ether oxygens (including phenoxy) is 1. The molecule has 0 saturated carbocycles. The van der Waals surface area contributed by atoms with Crippen LogP contribution in [0.1, 0.15) is 75.2 Å². The molecule has 1 amide bonds. The van der Waals surface area contributed by atoms with Crippen molar-refractivity contribution < 1.29 is 9.53 Å². The highest BCUT2D eigenvalue weighted by molar-refractivity contribution is 7.99. The van der Waals surface area contributed by atoms with Crippen molar-refractivity contribution in [2.24, 2.45) is 0 Å². The molecule has 0 radical (unpaired) electrons. The molecule has 0 fully saturated rings. The number of hydrogen-bond donors (Lipinski definition) is 0. The Morgan fingerprint density at radius 3 is 2.38 bits per heavy atom. The molecule has 1 unspecified atom stereocenters. The maximum atomic E-state index is 12.9. The summed E-state index contributed by atoms with van der Waals surface area (Å²) in [6.45, 7) is 12.0. The van der Waals surface area contributed by atoms with Crippen molar-refractivity contribution in [1.29, 1.82) is 0 Å². The Bertz CT molecular complexity index is 1120. The summed E-state index contributed by atoms with van der Waals surface area (Å²) in [5, 5.41) is 9.61. The topological polar surface area (TPSA) is 60.3 Å². The van der Waals surface area contributed by atoms with Gasteiger partial charge < -0.3 is 14.2 Å². The highest BCUT2D eigenvalue weighted by atomic mass is 32.2. The number of fused-ring (bicyclic) bond motifs is 1. The van der Waals surface area contributed by atoms with Crippen molar-refractivity contribution in [1.82, 2.24) is 19.7 Å². The highest BCUT2D eigenvalue weighted by Crippen LogP contribution is 2.29. The van der Waals surface area contributed by atoms with Gasteiger partial charge in [-0.05, 0) is 61.9 Å². The van der Waals surface area contributed by atoms with Gasteiger partial charge in [0.25, 0.3) is 0 Å². The monoisotopic (exact) mass is 478 g/mol. The van der Waals surface area contributed by atoms with Gasteiger partial charge in [0.2, 0.25) is 5.91 Å². The van der Waals surface area contributed by atoms with E-state index in [9.17, 15) is 4.79 Å². The fraction of sp³-hybridized carbons (Fsp3) is 0.444. The summed E-state index contributed by atoms with van der Waals surface area (Å²) in [7, 11) is 0. The molecule has 0 spiro atoms. The number of carbonyl (C=O) groups excluding carboxylic acids is 1. The first-order valence-corrected chi connectivity index (χ1v) is 13.0. The van der Waals surface area contributed by atoms with Gasteiger partial charge >= 0.3 is 0 Å². The van der Waals surface area contributed by atoms with Crippen molar-refractivity contribution in [2.75, 3.05) is 12.3 Å². The van der Waals surface area contributed by atoms with Crippen LogP contribution in [0.15, 0.2) is 53.7 Å². The van der Waals surface area contributed by atoms with Gasteiger partial charge in [-0.3, -0.25) is 4.79 Å². The van der Waals surface area contributed by atoms with Crippen LogP contribution in [0.5, 0.6) is 5.75 Å². The van der Waals surface area contributed by atoms with Gasteiger partial charge in [0.05, 0.1) is 5.75 Å². The summed E-state index contributed by atoms with van der Waals surface area (Å²) in [6.07, 6.45) is 0.648. The fourth-order valence-corrected chi connectivity index (χ4v) is 5.24. The molecule has 2 aromatic carbocycles. The van der Waals surface area contributed by atoms with Crippen LogP contribution in [-0.2, 0) is 17.8 Å². The van der Waals surface area contributed by atoms with E-state index in [0.717, 1.165) is 29.7 Å². The molecule has 2 heterocycles. The van der Waals surface area contributed by atoms with E-state index in [1.807, 2.05) is 30.0 Å². The van der Waals surface area contributed by atoms with E-state index in [2.05, 4.69) is 72.8 Å².